The number of aromatic amines is 2. The standard InChI is InChI=1S/C51H65N5O12/c1-13-35-28(5)41-24-44-36(14-2)27(4)40(53-44)23-42-29(6)37(47(55-42)30(7)39-21-26(3)38(52-39)22-43(35)54-41)15-16-46(61)56(12)17-18-62-19-20-63-51-50(67-34(11)60)49(66-33(10)59)48(65-32(9)58)45(68-51)25-64-31(8)57/h14,21-24,29,37,45,48-51,53-54H,2,13,15-20,25H2,1,3-12H3/t29-,37-,45+,48+,49-,50+,51+/m0/s1. The molecule has 2 N–H and O–H groups in total. The molecule has 6 heterocycles. The fraction of sp³-hybridized carbons (Fsp3) is 0.510. The Morgan fingerprint density at radius 3 is 2.12 bits per heavy atom. The number of aryl methyl sites for hydroxylation is 3. The van der Waals surface area contributed by atoms with Crippen LogP contribution in [-0.4, -0.2) is 125 Å². The number of aromatic nitrogens is 4. The lowest BCUT2D eigenvalue weighted by Crippen LogP contribution is -2.63. The van der Waals surface area contributed by atoms with Crippen molar-refractivity contribution < 1.29 is 57.1 Å². The molecule has 1 fully saturated rings. The summed E-state index contributed by atoms with van der Waals surface area (Å²) >= 11 is 0. The number of fused-ring (bicyclic) bond motifs is 8. The predicted molar refractivity (Wildman–Crippen MR) is 255 cm³/mol. The van der Waals surface area contributed by atoms with Crippen LogP contribution in [0.1, 0.15) is 124 Å². The Bertz CT molecular complexity index is 2630. The second kappa shape index (κ2) is 22.3. The molecule has 3 aliphatic heterocycles. The molecule has 6 rings (SSSR count). The summed E-state index contributed by atoms with van der Waals surface area (Å²) in [4.78, 5) is 81.1. The van der Waals surface area contributed by atoms with Gasteiger partial charge in [-0.05, 0) is 92.6 Å². The average molecular weight is 940 g/mol. The number of carbonyl (C=O) groups is 5. The Morgan fingerprint density at radius 2 is 1.46 bits per heavy atom. The van der Waals surface area contributed by atoms with Crippen molar-refractivity contribution in [2.75, 3.05) is 40.0 Å². The predicted octanol–water partition coefficient (Wildman–Crippen LogP) is 7.25. The van der Waals surface area contributed by atoms with Crippen LogP contribution in [0.2, 0.25) is 0 Å². The fourth-order valence-corrected chi connectivity index (χ4v) is 9.13. The highest BCUT2D eigenvalue weighted by Gasteiger charge is 2.52. The first-order valence-electron chi connectivity index (χ1n) is 23.1. The van der Waals surface area contributed by atoms with E-state index in [-0.39, 0.29) is 50.6 Å². The summed E-state index contributed by atoms with van der Waals surface area (Å²) in [6.07, 6.45) is -0.740. The summed E-state index contributed by atoms with van der Waals surface area (Å²) in [7, 11) is 1.73. The highest BCUT2D eigenvalue weighted by atomic mass is 16.7. The maximum Gasteiger partial charge on any atom is 0.303 e. The van der Waals surface area contributed by atoms with Crippen molar-refractivity contribution in [2.45, 2.75) is 131 Å². The molecule has 0 unspecified atom stereocenters. The number of amides is 1. The van der Waals surface area contributed by atoms with Gasteiger partial charge in [0.2, 0.25) is 5.91 Å². The Kier molecular flexibility index (Phi) is 16.8. The van der Waals surface area contributed by atoms with Crippen LogP contribution < -0.4 is 0 Å². The van der Waals surface area contributed by atoms with E-state index in [9.17, 15) is 24.0 Å². The number of allylic oxidation sites excluding steroid dienone is 1. The summed E-state index contributed by atoms with van der Waals surface area (Å²) in [5.41, 5.74) is 14.2. The van der Waals surface area contributed by atoms with Crippen molar-refractivity contribution in [2.24, 2.45) is 0 Å². The minimum absolute atomic E-state index is 0.00348. The summed E-state index contributed by atoms with van der Waals surface area (Å²) in [5, 5.41) is 0. The fourth-order valence-electron chi connectivity index (χ4n) is 9.13. The van der Waals surface area contributed by atoms with Crippen molar-refractivity contribution >= 4 is 69.6 Å². The lowest BCUT2D eigenvalue weighted by atomic mass is 9.85. The number of nitrogens with zero attached hydrogens (tertiary/aromatic N) is 3. The Morgan fingerprint density at radius 1 is 0.794 bits per heavy atom. The van der Waals surface area contributed by atoms with Crippen molar-refractivity contribution in [1.82, 2.24) is 24.8 Å². The van der Waals surface area contributed by atoms with E-state index < -0.39 is 54.6 Å². The molecular weight excluding hydrogens is 875 g/mol. The van der Waals surface area contributed by atoms with Crippen LogP contribution in [0.25, 0.3) is 39.8 Å². The minimum atomic E-state index is -1.35. The van der Waals surface area contributed by atoms with E-state index in [1.165, 1.54) is 18.1 Å². The quantitative estimate of drug-likeness (QED) is 0.0776. The van der Waals surface area contributed by atoms with E-state index in [1.54, 1.807) is 11.9 Å². The first-order valence-corrected chi connectivity index (χ1v) is 23.1. The van der Waals surface area contributed by atoms with Gasteiger partial charge in [-0.15, -0.1) is 0 Å². The Balaban J connectivity index is 1.14. The van der Waals surface area contributed by atoms with Gasteiger partial charge in [-0.25, -0.2) is 4.98 Å². The molecule has 0 radical (unpaired) electrons. The van der Waals surface area contributed by atoms with E-state index >= 15 is 0 Å². The molecule has 68 heavy (non-hydrogen) atoms. The van der Waals surface area contributed by atoms with Crippen molar-refractivity contribution in [3.63, 3.8) is 0 Å². The van der Waals surface area contributed by atoms with Crippen LogP contribution >= 0.6 is 0 Å². The van der Waals surface area contributed by atoms with Gasteiger partial charge in [-0.3, -0.25) is 29.0 Å². The Labute approximate surface area is 396 Å². The van der Waals surface area contributed by atoms with E-state index in [1.807, 2.05) is 6.08 Å². The molecule has 366 valence electrons. The lowest BCUT2D eigenvalue weighted by molar-refractivity contribution is -0.309. The van der Waals surface area contributed by atoms with Crippen LogP contribution in [-0.2, 0) is 63.6 Å². The number of ether oxygens (including phenoxy) is 7. The third kappa shape index (κ3) is 11.7. The van der Waals surface area contributed by atoms with Gasteiger partial charge in [0.25, 0.3) is 0 Å². The highest BCUT2D eigenvalue weighted by Crippen LogP contribution is 2.42. The lowest BCUT2D eigenvalue weighted by Gasteiger charge is -2.44. The molecule has 1 amide bonds. The number of carbonyl (C=O) groups excluding carboxylic acids is 5. The number of H-pyrrole nitrogens is 2. The molecule has 17 heteroatoms. The molecule has 7 atom stereocenters. The van der Waals surface area contributed by atoms with Gasteiger partial charge in [0.15, 0.2) is 24.6 Å². The van der Waals surface area contributed by atoms with Gasteiger partial charge in [-0.1, -0.05) is 26.5 Å². The first kappa shape index (κ1) is 51.2. The zero-order chi connectivity index (χ0) is 49.6. The molecule has 0 aromatic carbocycles. The molecule has 3 aliphatic rings. The minimum Gasteiger partial charge on any atom is -0.463 e. The first-order chi connectivity index (χ1) is 32.3. The van der Waals surface area contributed by atoms with Gasteiger partial charge in [0.05, 0.1) is 31.2 Å². The normalized spacial score (nSPS) is 21.1. The summed E-state index contributed by atoms with van der Waals surface area (Å²) in [5.74, 6) is -2.94. The molecule has 3 aromatic heterocycles. The molecule has 0 aliphatic carbocycles. The smallest absolute Gasteiger partial charge is 0.303 e. The molecule has 8 bridgehead atoms. The van der Waals surface area contributed by atoms with Crippen LogP contribution in [0.4, 0.5) is 0 Å². The largest absolute Gasteiger partial charge is 0.463 e. The molecule has 0 saturated carbocycles. The van der Waals surface area contributed by atoms with Crippen molar-refractivity contribution in [1.29, 1.82) is 0 Å². The molecule has 0 spiro atoms. The highest BCUT2D eigenvalue weighted by molar-refractivity contribution is 5.86. The van der Waals surface area contributed by atoms with E-state index in [4.69, 9.17) is 43.1 Å². The summed E-state index contributed by atoms with van der Waals surface area (Å²) in [6, 6.07) is 6.42. The van der Waals surface area contributed by atoms with Crippen LogP contribution in [0.5, 0.6) is 0 Å². The zero-order valence-electron chi connectivity index (χ0n) is 41.0. The second-order valence-corrected chi connectivity index (χ2v) is 17.6. The third-order valence-electron chi connectivity index (χ3n) is 12.8. The third-order valence-corrected chi connectivity index (χ3v) is 12.8. The molecule has 3 aromatic rings. The van der Waals surface area contributed by atoms with Crippen LogP contribution in [0.15, 0.2) is 24.8 Å². The van der Waals surface area contributed by atoms with Gasteiger partial charge in [-0.2, -0.15) is 0 Å². The topological polar surface area (TPSA) is 211 Å². The van der Waals surface area contributed by atoms with Crippen molar-refractivity contribution in [3.05, 3.63) is 75.4 Å². The van der Waals surface area contributed by atoms with E-state index in [0.29, 0.717) is 13.0 Å². The van der Waals surface area contributed by atoms with Crippen molar-refractivity contribution in [3.8, 4) is 0 Å². The van der Waals surface area contributed by atoms with Crippen LogP contribution in [0, 0.1) is 20.8 Å². The number of esters is 4. The maximum absolute atomic E-state index is 13.7. The molecule has 1 saturated heterocycles. The SMILES string of the molecule is C=Cc1c(C)c2cc3nc(c(C)c4nc(cc5[nH]c(cc1[nH]2)c(C)c5CC)C(C)=C4)[C@@H](CCC(=O)N(C)CCOCCO[C@@H]1O[C@H](COC(C)=O)[C@@H](OC(C)=O)[C@H](OC(C)=O)[C@H]1OC(C)=O)[C@@H]3C. The van der Waals surface area contributed by atoms with Gasteiger partial charge >= 0.3 is 23.9 Å². The number of nitrogens with one attached hydrogen (secondary N) is 2. The number of hydrogen-bond acceptors (Lipinski definition) is 14. The average Bonchev–Trinajstić information content (AvgIpc) is 3.98. The molecule has 17 nitrogen and oxygen atoms in total. The zero-order valence-corrected chi connectivity index (χ0v) is 41.0. The van der Waals surface area contributed by atoms with Gasteiger partial charge in [0.1, 0.15) is 12.7 Å². The van der Waals surface area contributed by atoms with Gasteiger partial charge < -0.3 is 48.0 Å². The van der Waals surface area contributed by atoms with E-state index in [0.717, 1.165) is 94.3 Å². The number of hydrogen-bond donors (Lipinski definition) is 2. The number of likely N-dealkylation sites (N-methyl/N-ethyl adjacent to an activating group) is 1. The maximum atomic E-state index is 13.7. The summed E-state index contributed by atoms with van der Waals surface area (Å²) in [6.45, 7) is 21.6. The van der Waals surface area contributed by atoms with E-state index in [2.05, 4.69) is 82.4 Å². The Hall–Kier alpha value is -6.17. The van der Waals surface area contributed by atoms with Crippen LogP contribution in [0.3, 0.4) is 0 Å². The summed E-state index contributed by atoms with van der Waals surface area (Å²) < 4.78 is 39.2. The molecular formula is C51H65N5O12. The monoisotopic (exact) mass is 939 g/mol. The second-order valence-electron chi connectivity index (χ2n) is 17.6. The number of rotatable bonds is 17. The van der Waals surface area contributed by atoms with Gasteiger partial charge in [0, 0.05) is 98.6 Å².